The molecule has 0 aromatic carbocycles. The zero-order chi connectivity index (χ0) is 14.0. The normalized spacial score (nSPS) is 22.2. The molecule has 1 heterocycles. The molecule has 2 atom stereocenters. The first kappa shape index (κ1) is 13.3. The number of nitrogens with one attached hydrogen (secondary N) is 2. The van der Waals surface area contributed by atoms with Crippen LogP contribution in [0.15, 0.2) is 12.2 Å². The molecular formula is C13H17N3O3. The highest BCUT2D eigenvalue weighted by Crippen LogP contribution is 2.28. The molecule has 6 nitrogen and oxygen atoms in total. The monoisotopic (exact) mass is 263 g/mol. The van der Waals surface area contributed by atoms with E-state index >= 15 is 0 Å². The number of hydrogen-bond donors (Lipinski definition) is 3. The summed E-state index contributed by atoms with van der Waals surface area (Å²) >= 11 is 0. The Morgan fingerprint density at radius 1 is 1.32 bits per heavy atom. The van der Waals surface area contributed by atoms with Crippen LogP contribution in [0.2, 0.25) is 0 Å². The van der Waals surface area contributed by atoms with Crippen LogP contribution in [0.5, 0.6) is 0 Å². The van der Waals surface area contributed by atoms with Gasteiger partial charge in [-0.05, 0) is 26.7 Å². The minimum atomic E-state index is -0.926. The Labute approximate surface area is 110 Å². The van der Waals surface area contributed by atoms with E-state index < -0.39 is 17.8 Å². The Bertz CT molecular complexity index is 514. The zero-order valence-corrected chi connectivity index (χ0v) is 10.9. The molecule has 0 saturated heterocycles. The second kappa shape index (κ2) is 5.26. The highest BCUT2D eigenvalue weighted by atomic mass is 16.4. The number of carboxylic acid groups (broad SMARTS) is 1. The third kappa shape index (κ3) is 2.67. The lowest BCUT2D eigenvalue weighted by Crippen LogP contribution is -2.34. The number of nitrogens with zero attached hydrogens (tertiary/aromatic N) is 1. The number of rotatable bonds is 3. The van der Waals surface area contributed by atoms with Gasteiger partial charge in [-0.3, -0.25) is 14.7 Å². The summed E-state index contributed by atoms with van der Waals surface area (Å²) < 4.78 is 0. The van der Waals surface area contributed by atoms with E-state index in [4.69, 9.17) is 5.11 Å². The summed E-state index contributed by atoms with van der Waals surface area (Å²) in [6.45, 7) is 3.60. The number of allylic oxidation sites excluding steroid dienone is 2. The van der Waals surface area contributed by atoms with Crippen molar-refractivity contribution >= 4 is 17.6 Å². The number of amides is 1. The number of carbonyl (C=O) groups is 2. The van der Waals surface area contributed by atoms with Crippen molar-refractivity contribution in [2.24, 2.45) is 11.8 Å². The molecule has 0 fully saturated rings. The van der Waals surface area contributed by atoms with Crippen molar-refractivity contribution in [2.45, 2.75) is 26.7 Å². The first-order valence-electron chi connectivity index (χ1n) is 6.21. The number of H-pyrrole nitrogens is 1. The van der Waals surface area contributed by atoms with E-state index in [1.165, 1.54) is 0 Å². The summed E-state index contributed by atoms with van der Waals surface area (Å²) in [6, 6.07) is 0. The number of aliphatic carboxylic acids is 1. The Hall–Kier alpha value is -2.11. The summed E-state index contributed by atoms with van der Waals surface area (Å²) in [7, 11) is 0. The zero-order valence-electron chi connectivity index (χ0n) is 10.9. The van der Waals surface area contributed by atoms with E-state index in [0.29, 0.717) is 24.2 Å². The van der Waals surface area contributed by atoms with Crippen LogP contribution in [-0.4, -0.2) is 27.2 Å². The molecule has 0 aliphatic heterocycles. The van der Waals surface area contributed by atoms with Crippen molar-refractivity contribution in [1.29, 1.82) is 0 Å². The van der Waals surface area contributed by atoms with Gasteiger partial charge in [0.05, 0.1) is 28.9 Å². The second-order valence-electron chi connectivity index (χ2n) is 4.79. The average molecular weight is 263 g/mol. The van der Waals surface area contributed by atoms with Gasteiger partial charge in [-0.1, -0.05) is 12.2 Å². The molecule has 0 spiro atoms. The third-order valence-corrected chi connectivity index (χ3v) is 3.46. The number of carboxylic acids is 1. The van der Waals surface area contributed by atoms with E-state index in [9.17, 15) is 9.59 Å². The largest absolute Gasteiger partial charge is 0.481 e. The minimum absolute atomic E-state index is 0.260. The predicted molar refractivity (Wildman–Crippen MR) is 69.7 cm³/mol. The van der Waals surface area contributed by atoms with E-state index in [1.807, 2.05) is 19.1 Å². The van der Waals surface area contributed by atoms with Crippen molar-refractivity contribution < 1.29 is 14.7 Å². The lowest BCUT2D eigenvalue weighted by atomic mass is 9.82. The fourth-order valence-corrected chi connectivity index (χ4v) is 2.33. The van der Waals surface area contributed by atoms with Crippen LogP contribution in [0.3, 0.4) is 0 Å². The Kier molecular flexibility index (Phi) is 3.69. The molecule has 0 bridgehead atoms. The maximum Gasteiger partial charge on any atom is 0.307 e. The average Bonchev–Trinajstić information content (AvgIpc) is 2.70. The van der Waals surface area contributed by atoms with Gasteiger partial charge >= 0.3 is 5.97 Å². The van der Waals surface area contributed by atoms with Gasteiger partial charge < -0.3 is 10.4 Å². The van der Waals surface area contributed by atoms with Gasteiger partial charge in [0.1, 0.15) is 0 Å². The number of aromatic nitrogens is 2. The van der Waals surface area contributed by atoms with Crippen LogP contribution < -0.4 is 5.32 Å². The van der Waals surface area contributed by atoms with Crippen LogP contribution in [0.1, 0.15) is 24.2 Å². The van der Waals surface area contributed by atoms with Gasteiger partial charge in [0.2, 0.25) is 5.91 Å². The highest BCUT2D eigenvalue weighted by Gasteiger charge is 2.34. The van der Waals surface area contributed by atoms with Crippen molar-refractivity contribution in [2.75, 3.05) is 5.32 Å². The number of aryl methyl sites for hydroxylation is 2. The van der Waals surface area contributed by atoms with Crippen molar-refractivity contribution in [3.8, 4) is 0 Å². The maximum atomic E-state index is 12.2. The van der Waals surface area contributed by atoms with Gasteiger partial charge in [0.15, 0.2) is 0 Å². The highest BCUT2D eigenvalue weighted by molar-refractivity contribution is 5.96. The minimum Gasteiger partial charge on any atom is -0.481 e. The molecule has 19 heavy (non-hydrogen) atoms. The Morgan fingerprint density at radius 2 is 1.95 bits per heavy atom. The Morgan fingerprint density at radius 3 is 2.47 bits per heavy atom. The smallest absolute Gasteiger partial charge is 0.307 e. The predicted octanol–water partition coefficient (Wildman–Crippen LogP) is 1.63. The molecule has 6 heteroatoms. The van der Waals surface area contributed by atoms with E-state index in [-0.39, 0.29) is 5.91 Å². The molecule has 1 amide bonds. The molecule has 1 aliphatic rings. The standard InChI is InChI=1S/C13H17N3O3/c1-7-11(8(2)16-15-7)14-12(17)9-5-3-4-6-10(9)13(18)19/h3-4,9-10H,5-6H2,1-2H3,(H,14,17)(H,15,16)(H,18,19). The fourth-order valence-electron chi connectivity index (χ4n) is 2.33. The lowest BCUT2D eigenvalue weighted by Gasteiger charge is -2.24. The van der Waals surface area contributed by atoms with Crippen LogP contribution in [0, 0.1) is 25.7 Å². The number of hydrogen-bond acceptors (Lipinski definition) is 3. The SMILES string of the molecule is Cc1n[nH]c(C)c1NC(=O)C1CC=CCC1C(=O)O. The van der Waals surface area contributed by atoms with Crippen molar-refractivity contribution in [3.05, 3.63) is 23.5 Å². The fraction of sp³-hybridized carbons (Fsp3) is 0.462. The lowest BCUT2D eigenvalue weighted by molar-refractivity contribution is -0.146. The van der Waals surface area contributed by atoms with Crippen LogP contribution in [-0.2, 0) is 9.59 Å². The van der Waals surface area contributed by atoms with Crippen molar-refractivity contribution in [3.63, 3.8) is 0 Å². The summed E-state index contributed by atoms with van der Waals surface area (Å²) in [5.41, 5.74) is 2.11. The van der Waals surface area contributed by atoms with Crippen molar-refractivity contribution in [1.82, 2.24) is 10.2 Å². The van der Waals surface area contributed by atoms with Crippen LogP contribution >= 0.6 is 0 Å². The molecular weight excluding hydrogens is 246 g/mol. The summed E-state index contributed by atoms with van der Waals surface area (Å²) in [5, 5.41) is 18.7. The van der Waals surface area contributed by atoms with Gasteiger partial charge in [0.25, 0.3) is 0 Å². The van der Waals surface area contributed by atoms with Gasteiger partial charge in [-0.2, -0.15) is 5.10 Å². The number of carbonyl (C=O) groups excluding carboxylic acids is 1. The molecule has 102 valence electrons. The Balaban J connectivity index is 2.15. The first-order chi connectivity index (χ1) is 9.00. The van der Waals surface area contributed by atoms with E-state index in [1.54, 1.807) is 6.92 Å². The van der Waals surface area contributed by atoms with E-state index in [2.05, 4.69) is 15.5 Å². The summed E-state index contributed by atoms with van der Waals surface area (Å²) in [6.07, 6.45) is 4.53. The summed E-state index contributed by atoms with van der Waals surface area (Å²) in [5.74, 6) is -2.37. The molecule has 2 rings (SSSR count). The van der Waals surface area contributed by atoms with Gasteiger partial charge in [-0.15, -0.1) is 0 Å². The molecule has 1 aliphatic carbocycles. The van der Waals surface area contributed by atoms with E-state index in [0.717, 1.165) is 5.69 Å². The summed E-state index contributed by atoms with van der Waals surface area (Å²) in [4.78, 5) is 23.4. The molecule has 3 N–H and O–H groups in total. The first-order valence-corrected chi connectivity index (χ1v) is 6.21. The van der Waals surface area contributed by atoms with Crippen LogP contribution in [0.4, 0.5) is 5.69 Å². The molecule has 2 unspecified atom stereocenters. The molecule has 1 aromatic rings. The van der Waals surface area contributed by atoms with Gasteiger partial charge in [-0.25, -0.2) is 0 Å². The molecule has 0 saturated carbocycles. The topological polar surface area (TPSA) is 95.1 Å². The number of anilines is 1. The molecule has 0 radical (unpaired) electrons. The van der Waals surface area contributed by atoms with Crippen LogP contribution in [0.25, 0.3) is 0 Å². The second-order valence-corrected chi connectivity index (χ2v) is 4.79. The quantitative estimate of drug-likeness (QED) is 0.722. The van der Waals surface area contributed by atoms with Gasteiger partial charge in [0, 0.05) is 0 Å². The number of aromatic amines is 1. The molecule has 1 aromatic heterocycles. The third-order valence-electron chi connectivity index (χ3n) is 3.46. The maximum absolute atomic E-state index is 12.2.